The highest BCUT2D eigenvalue weighted by atomic mass is 19.1. The second kappa shape index (κ2) is 10.9. The maximum atomic E-state index is 13.3. The van der Waals surface area contributed by atoms with Crippen molar-refractivity contribution in [3.05, 3.63) is 59.0 Å². The summed E-state index contributed by atoms with van der Waals surface area (Å²) in [5.41, 5.74) is 3.20. The molecule has 0 aliphatic carbocycles. The Hall–Kier alpha value is -2.67. The van der Waals surface area contributed by atoms with Crippen molar-refractivity contribution in [3.8, 4) is 0 Å². The first kappa shape index (κ1) is 22.0. The molecule has 1 aromatic heterocycles. The highest BCUT2D eigenvalue weighted by Gasteiger charge is 2.14. The van der Waals surface area contributed by atoms with Crippen LogP contribution in [0.5, 0.6) is 0 Å². The van der Waals surface area contributed by atoms with Crippen LogP contribution < -0.4 is 15.5 Å². The molecule has 3 rings (SSSR count). The first-order chi connectivity index (χ1) is 14.5. The topological polar surface area (TPSA) is 55.8 Å². The van der Waals surface area contributed by atoms with Gasteiger partial charge in [-0.3, -0.25) is 0 Å². The van der Waals surface area contributed by atoms with Crippen molar-refractivity contribution < 1.29 is 4.39 Å². The Morgan fingerprint density at radius 1 is 1.13 bits per heavy atom. The summed E-state index contributed by atoms with van der Waals surface area (Å²) in [6, 6.07) is 9.14. The summed E-state index contributed by atoms with van der Waals surface area (Å²) < 4.78 is 13.3. The van der Waals surface area contributed by atoms with Crippen LogP contribution >= 0.6 is 0 Å². The molecule has 0 spiro atoms. The van der Waals surface area contributed by atoms with Crippen LogP contribution in [0, 0.1) is 12.7 Å². The molecule has 1 aromatic carbocycles. The van der Waals surface area contributed by atoms with Crippen LogP contribution in [0.3, 0.4) is 0 Å². The maximum Gasteiger partial charge on any atom is 0.191 e. The van der Waals surface area contributed by atoms with Gasteiger partial charge in [0.15, 0.2) is 5.96 Å². The molecule has 0 unspecified atom stereocenters. The number of aliphatic imine (C=N–C) groups is 1. The lowest BCUT2D eigenvalue weighted by Gasteiger charge is -2.33. The summed E-state index contributed by atoms with van der Waals surface area (Å²) in [7, 11) is 2.16. The molecule has 0 radical (unpaired) electrons. The second-order valence-corrected chi connectivity index (χ2v) is 7.76. The summed E-state index contributed by atoms with van der Waals surface area (Å²) in [5, 5.41) is 6.64. The van der Waals surface area contributed by atoms with Gasteiger partial charge < -0.3 is 20.4 Å². The first-order valence-corrected chi connectivity index (χ1v) is 10.7. The lowest BCUT2D eigenvalue weighted by molar-refractivity contribution is 0.312. The molecular weight excluding hydrogens is 379 g/mol. The summed E-state index contributed by atoms with van der Waals surface area (Å²) in [6.45, 7) is 10.3. The van der Waals surface area contributed by atoms with Crippen molar-refractivity contribution in [3.63, 3.8) is 0 Å². The van der Waals surface area contributed by atoms with Crippen LogP contribution in [0.25, 0.3) is 0 Å². The van der Waals surface area contributed by atoms with Crippen molar-refractivity contribution in [2.24, 2.45) is 4.99 Å². The highest BCUT2D eigenvalue weighted by Crippen LogP contribution is 2.14. The zero-order valence-corrected chi connectivity index (χ0v) is 18.3. The molecule has 30 heavy (non-hydrogen) atoms. The molecular formula is C23H33FN6. The van der Waals surface area contributed by atoms with E-state index in [-0.39, 0.29) is 5.82 Å². The summed E-state index contributed by atoms with van der Waals surface area (Å²) in [4.78, 5) is 14.0. The summed E-state index contributed by atoms with van der Waals surface area (Å²) in [6.07, 6.45) is 2.74. The van der Waals surface area contributed by atoms with Crippen LogP contribution in [0.1, 0.15) is 23.6 Å². The molecule has 2 N–H and O–H groups in total. The molecule has 0 amide bonds. The average Bonchev–Trinajstić information content (AvgIpc) is 2.74. The van der Waals surface area contributed by atoms with E-state index in [9.17, 15) is 4.39 Å². The molecule has 6 nitrogen and oxygen atoms in total. The monoisotopic (exact) mass is 412 g/mol. The smallest absolute Gasteiger partial charge is 0.191 e. The van der Waals surface area contributed by atoms with Crippen LogP contribution in [0.2, 0.25) is 0 Å². The fourth-order valence-corrected chi connectivity index (χ4v) is 3.50. The number of rotatable bonds is 7. The lowest BCUT2D eigenvalue weighted by Crippen LogP contribution is -2.44. The van der Waals surface area contributed by atoms with E-state index in [0.717, 1.165) is 74.2 Å². The first-order valence-electron chi connectivity index (χ1n) is 10.7. The fourth-order valence-electron chi connectivity index (χ4n) is 3.50. The van der Waals surface area contributed by atoms with Crippen molar-refractivity contribution >= 4 is 11.8 Å². The van der Waals surface area contributed by atoms with Gasteiger partial charge in [-0.15, -0.1) is 0 Å². The van der Waals surface area contributed by atoms with Crippen LogP contribution in [-0.4, -0.2) is 62.2 Å². The van der Waals surface area contributed by atoms with E-state index in [1.807, 2.05) is 26.1 Å². The van der Waals surface area contributed by atoms with Crippen LogP contribution in [0.4, 0.5) is 10.2 Å². The Balaban J connectivity index is 1.52. The normalized spacial score (nSPS) is 15.3. The summed E-state index contributed by atoms with van der Waals surface area (Å²) >= 11 is 0. The van der Waals surface area contributed by atoms with Gasteiger partial charge in [0.1, 0.15) is 11.6 Å². The van der Waals surface area contributed by atoms with E-state index in [1.165, 1.54) is 6.07 Å². The van der Waals surface area contributed by atoms with E-state index in [4.69, 9.17) is 0 Å². The maximum absolute atomic E-state index is 13.3. The minimum atomic E-state index is -0.189. The number of guanidine groups is 1. The number of aromatic nitrogens is 1. The second-order valence-electron chi connectivity index (χ2n) is 7.76. The lowest BCUT2D eigenvalue weighted by atomic mass is 10.1. The molecule has 2 heterocycles. The zero-order chi connectivity index (χ0) is 21.3. The average molecular weight is 413 g/mol. The van der Waals surface area contributed by atoms with Crippen molar-refractivity contribution in [2.45, 2.75) is 26.8 Å². The van der Waals surface area contributed by atoms with Gasteiger partial charge in [-0.1, -0.05) is 12.1 Å². The fraction of sp³-hybridized carbons (Fsp3) is 0.478. The van der Waals surface area contributed by atoms with Gasteiger partial charge in [-0.2, -0.15) is 0 Å². The molecule has 1 aliphatic rings. The third kappa shape index (κ3) is 6.42. The predicted molar refractivity (Wildman–Crippen MR) is 122 cm³/mol. The summed E-state index contributed by atoms with van der Waals surface area (Å²) in [5.74, 6) is 1.63. The molecule has 162 valence electrons. The number of halogens is 1. The molecule has 7 heteroatoms. The molecule has 0 atom stereocenters. The SMILES string of the molecule is CCNC(=NCc1ccc(N2CCN(C)CC2)nc1)NCCc1ccc(F)cc1C. The number of anilines is 1. The number of pyridine rings is 1. The molecule has 1 fully saturated rings. The van der Waals surface area contributed by atoms with Gasteiger partial charge in [0.2, 0.25) is 0 Å². The Kier molecular flexibility index (Phi) is 8.02. The van der Waals surface area contributed by atoms with E-state index in [1.54, 1.807) is 6.07 Å². The number of benzene rings is 1. The number of nitrogens with zero attached hydrogens (tertiary/aromatic N) is 4. The van der Waals surface area contributed by atoms with Crippen molar-refractivity contribution in [1.29, 1.82) is 0 Å². The highest BCUT2D eigenvalue weighted by molar-refractivity contribution is 5.79. The predicted octanol–water partition coefficient (Wildman–Crippen LogP) is 2.58. The van der Waals surface area contributed by atoms with E-state index < -0.39 is 0 Å². The zero-order valence-electron chi connectivity index (χ0n) is 18.3. The number of aryl methyl sites for hydroxylation is 1. The van der Waals surface area contributed by atoms with Crippen molar-refractivity contribution in [1.82, 2.24) is 20.5 Å². The minimum Gasteiger partial charge on any atom is -0.357 e. The van der Waals surface area contributed by atoms with Crippen LogP contribution in [-0.2, 0) is 13.0 Å². The quantitative estimate of drug-likeness (QED) is 0.541. The Morgan fingerprint density at radius 2 is 1.93 bits per heavy atom. The Labute approximate surface area is 179 Å². The third-order valence-electron chi connectivity index (χ3n) is 5.39. The molecule has 1 saturated heterocycles. The minimum absolute atomic E-state index is 0.189. The largest absolute Gasteiger partial charge is 0.357 e. The van der Waals surface area contributed by atoms with Gasteiger partial charge in [0.25, 0.3) is 0 Å². The van der Waals surface area contributed by atoms with Gasteiger partial charge in [-0.05, 0) is 62.2 Å². The van der Waals surface area contributed by atoms with Gasteiger partial charge in [0, 0.05) is 45.5 Å². The van der Waals surface area contributed by atoms with E-state index in [0.29, 0.717) is 6.54 Å². The third-order valence-corrected chi connectivity index (χ3v) is 5.39. The standard InChI is InChI=1S/C23H33FN6/c1-4-25-23(26-10-9-20-6-7-21(24)15-18(20)2)28-17-19-5-8-22(27-16-19)30-13-11-29(3)12-14-30/h5-8,15-16H,4,9-14,17H2,1-3H3,(H2,25,26,28). The number of hydrogen-bond donors (Lipinski definition) is 2. The Bertz CT molecular complexity index is 828. The number of piperazine rings is 1. The van der Waals surface area contributed by atoms with Crippen LogP contribution in [0.15, 0.2) is 41.5 Å². The molecule has 2 aromatic rings. The van der Waals surface area contributed by atoms with E-state index >= 15 is 0 Å². The van der Waals surface area contributed by atoms with Crippen molar-refractivity contribution in [2.75, 3.05) is 51.2 Å². The molecule has 1 aliphatic heterocycles. The Morgan fingerprint density at radius 3 is 2.60 bits per heavy atom. The number of likely N-dealkylation sites (N-methyl/N-ethyl adjacent to an activating group) is 1. The molecule has 0 saturated carbocycles. The van der Waals surface area contributed by atoms with Gasteiger partial charge in [-0.25, -0.2) is 14.4 Å². The number of hydrogen-bond acceptors (Lipinski definition) is 4. The van der Waals surface area contributed by atoms with Gasteiger partial charge >= 0.3 is 0 Å². The van der Waals surface area contributed by atoms with Gasteiger partial charge in [0.05, 0.1) is 6.54 Å². The molecule has 0 bridgehead atoms. The van der Waals surface area contributed by atoms with E-state index in [2.05, 4.69) is 49.6 Å². The number of nitrogens with one attached hydrogen (secondary N) is 2.